The number of hydrogen-bond donors (Lipinski definition) is 2. The fraction of sp³-hybridized carbons (Fsp3) is 0.545. The monoisotopic (exact) mass is 207 g/mol. The van der Waals surface area contributed by atoms with Crippen LogP contribution in [0.15, 0.2) is 24.0 Å². The Morgan fingerprint density at radius 1 is 1.60 bits per heavy atom. The molecule has 0 radical (unpaired) electrons. The van der Waals surface area contributed by atoms with Gasteiger partial charge in [0.2, 0.25) is 0 Å². The van der Waals surface area contributed by atoms with E-state index in [4.69, 9.17) is 0 Å². The van der Waals surface area contributed by atoms with Gasteiger partial charge in [-0.05, 0) is 6.42 Å². The minimum atomic E-state index is -0.324. The van der Waals surface area contributed by atoms with Crippen LogP contribution in [0.4, 0.5) is 0 Å². The molecule has 2 N–H and O–H groups in total. The van der Waals surface area contributed by atoms with Gasteiger partial charge >= 0.3 is 0 Å². The van der Waals surface area contributed by atoms with E-state index in [1.54, 1.807) is 0 Å². The van der Waals surface area contributed by atoms with Gasteiger partial charge in [0.1, 0.15) is 5.82 Å². The summed E-state index contributed by atoms with van der Waals surface area (Å²) in [6, 6.07) is 0. The maximum atomic E-state index is 9.43. The minimum Gasteiger partial charge on any atom is -0.388 e. The number of β-amino-alcohol motifs (C(OH)–C–C–N with tert-alkyl or cyclic N) is 1. The van der Waals surface area contributed by atoms with Crippen LogP contribution < -0.4 is 5.32 Å². The lowest BCUT2D eigenvalue weighted by Crippen LogP contribution is -2.32. The maximum Gasteiger partial charge on any atom is 0.108 e. The highest BCUT2D eigenvalue weighted by Crippen LogP contribution is 2.10. The molecule has 4 nitrogen and oxygen atoms in total. The van der Waals surface area contributed by atoms with Crippen LogP contribution in [0.2, 0.25) is 0 Å². The molecule has 82 valence electrons. The fourth-order valence-corrected chi connectivity index (χ4v) is 1.85. The third-order valence-electron chi connectivity index (χ3n) is 2.72. The Morgan fingerprint density at radius 3 is 3.13 bits per heavy atom. The van der Waals surface area contributed by atoms with E-state index < -0.39 is 0 Å². The van der Waals surface area contributed by atoms with Gasteiger partial charge in [0.05, 0.1) is 6.10 Å². The quantitative estimate of drug-likeness (QED) is 0.698. The number of nitrogens with zero attached hydrogens (tertiary/aromatic N) is 2. The zero-order valence-corrected chi connectivity index (χ0v) is 8.98. The largest absolute Gasteiger partial charge is 0.388 e. The lowest BCUT2D eigenvalue weighted by Gasteiger charge is -2.18. The van der Waals surface area contributed by atoms with Crippen molar-refractivity contribution in [3.63, 3.8) is 0 Å². The Labute approximate surface area is 89.6 Å². The van der Waals surface area contributed by atoms with E-state index in [0.29, 0.717) is 6.54 Å². The summed E-state index contributed by atoms with van der Waals surface area (Å²) in [5.74, 6) is 1.09. The Morgan fingerprint density at radius 2 is 2.47 bits per heavy atom. The van der Waals surface area contributed by atoms with Crippen molar-refractivity contribution in [1.29, 1.82) is 0 Å². The van der Waals surface area contributed by atoms with Crippen LogP contribution in [0.25, 0.3) is 0 Å². The molecule has 1 aromatic rings. The van der Waals surface area contributed by atoms with E-state index in [9.17, 15) is 5.11 Å². The Bertz CT molecular complexity index is 356. The second-order valence-corrected chi connectivity index (χ2v) is 3.98. The zero-order valence-electron chi connectivity index (χ0n) is 8.98. The molecule has 0 spiro atoms. The van der Waals surface area contributed by atoms with Crippen molar-refractivity contribution < 1.29 is 5.11 Å². The van der Waals surface area contributed by atoms with Crippen LogP contribution in [-0.2, 0) is 13.5 Å². The van der Waals surface area contributed by atoms with E-state index in [0.717, 1.165) is 25.2 Å². The molecule has 0 aromatic carbocycles. The first kappa shape index (κ1) is 10.4. The van der Waals surface area contributed by atoms with Gasteiger partial charge in [0.15, 0.2) is 0 Å². The second kappa shape index (κ2) is 4.59. The highest BCUT2D eigenvalue weighted by Gasteiger charge is 2.10. The third kappa shape index (κ3) is 2.67. The molecule has 0 bridgehead atoms. The highest BCUT2D eigenvalue weighted by molar-refractivity contribution is 5.12. The molecular formula is C11H17N3O. The first-order valence-electron chi connectivity index (χ1n) is 5.30. The standard InChI is InChI=1S/C11H17N3O/c1-14-5-4-13-11(14)3-2-9-6-10(15)8-12-7-9/h4-6,10,12,15H,2-3,7-8H2,1H3. The second-order valence-electron chi connectivity index (χ2n) is 3.98. The number of aryl methyl sites for hydroxylation is 2. The summed E-state index contributed by atoms with van der Waals surface area (Å²) in [7, 11) is 2.00. The van der Waals surface area contributed by atoms with Crippen molar-refractivity contribution in [3.8, 4) is 0 Å². The summed E-state index contributed by atoms with van der Waals surface area (Å²) in [6.07, 6.45) is 7.31. The first-order chi connectivity index (χ1) is 7.25. The Kier molecular flexibility index (Phi) is 3.18. The van der Waals surface area contributed by atoms with Gasteiger partial charge in [0.25, 0.3) is 0 Å². The minimum absolute atomic E-state index is 0.324. The predicted octanol–water partition coefficient (Wildman–Crippen LogP) is 0.243. The summed E-state index contributed by atoms with van der Waals surface area (Å²) < 4.78 is 2.03. The number of nitrogens with one attached hydrogen (secondary N) is 1. The van der Waals surface area contributed by atoms with Crippen LogP contribution in [-0.4, -0.2) is 33.9 Å². The van der Waals surface area contributed by atoms with Gasteiger partial charge < -0.3 is 15.0 Å². The number of hydrogen-bond acceptors (Lipinski definition) is 3. The molecule has 1 atom stereocenters. The Balaban J connectivity index is 1.91. The molecule has 0 saturated carbocycles. The van der Waals surface area contributed by atoms with Crippen molar-refractivity contribution in [1.82, 2.24) is 14.9 Å². The molecule has 15 heavy (non-hydrogen) atoms. The smallest absolute Gasteiger partial charge is 0.108 e. The van der Waals surface area contributed by atoms with Crippen molar-refractivity contribution in [3.05, 3.63) is 29.9 Å². The molecular weight excluding hydrogens is 190 g/mol. The first-order valence-corrected chi connectivity index (χ1v) is 5.30. The molecule has 1 aliphatic rings. The van der Waals surface area contributed by atoms with E-state index in [1.807, 2.05) is 30.1 Å². The van der Waals surface area contributed by atoms with Gasteiger partial charge in [-0.3, -0.25) is 0 Å². The van der Waals surface area contributed by atoms with Crippen molar-refractivity contribution in [2.75, 3.05) is 13.1 Å². The number of imidazole rings is 1. The van der Waals surface area contributed by atoms with Crippen molar-refractivity contribution in [2.45, 2.75) is 18.9 Å². The maximum absolute atomic E-state index is 9.43. The SMILES string of the molecule is Cn1ccnc1CCC1=CC(O)CNC1. The van der Waals surface area contributed by atoms with Crippen molar-refractivity contribution >= 4 is 0 Å². The van der Waals surface area contributed by atoms with Crippen LogP contribution in [0.1, 0.15) is 12.2 Å². The van der Waals surface area contributed by atoms with Gasteiger partial charge in [-0.2, -0.15) is 0 Å². The van der Waals surface area contributed by atoms with Crippen molar-refractivity contribution in [2.24, 2.45) is 7.05 Å². The Hall–Kier alpha value is -1.13. The summed E-state index contributed by atoms with van der Waals surface area (Å²) >= 11 is 0. The van der Waals surface area contributed by atoms with E-state index in [-0.39, 0.29) is 6.10 Å². The van der Waals surface area contributed by atoms with Crippen LogP contribution in [0.3, 0.4) is 0 Å². The number of aliphatic hydroxyl groups excluding tert-OH is 1. The topological polar surface area (TPSA) is 50.1 Å². The molecule has 0 saturated heterocycles. The molecule has 0 aliphatic carbocycles. The number of rotatable bonds is 3. The lowest BCUT2D eigenvalue weighted by atomic mass is 10.0. The van der Waals surface area contributed by atoms with Crippen LogP contribution >= 0.6 is 0 Å². The summed E-state index contributed by atoms with van der Waals surface area (Å²) in [5, 5.41) is 12.6. The fourth-order valence-electron chi connectivity index (χ4n) is 1.85. The molecule has 2 rings (SSSR count). The summed E-state index contributed by atoms with van der Waals surface area (Å²) in [4.78, 5) is 4.27. The average molecular weight is 207 g/mol. The van der Waals surface area contributed by atoms with Gasteiger partial charge in [0, 0.05) is 39.0 Å². The zero-order chi connectivity index (χ0) is 10.7. The third-order valence-corrected chi connectivity index (χ3v) is 2.72. The lowest BCUT2D eigenvalue weighted by molar-refractivity contribution is 0.212. The van der Waals surface area contributed by atoms with E-state index >= 15 is 0 Å². The molecule has 1 aliphatic heterocycles. The van der Waals surface area contributed by atoms with E-state index in [2.05, 4.69) is 10.3 Å². The van der Waals surface area contributed by atoms with Gasteiger partial charge in [-0.25, -0.2) is 4.98 Å². The van der Waals surface area contributed by atoms with Crippen LogP contribution in [0.5, 0.6) is 0 Å². The molecule has 0 fully saturated rings. The molecule has 4 heteroatoms. The van der Waals surface area contributed by atoms with Gasteiger partial charge in [-0.15, -0.1) is 0 Å². The molecule has 1 aromatic heterocycles. The number of aliphatic hydroxyl groups is 1. The predicted molar refractivity (Wildman–Crippen MR) is 58.5 cm³/mol. The molecule has 2 heterocycles. The van der Waals surface area contributed by atoms with Crippen LogP contribution in [0, 0.1) is 0 Å². The molecule has 0 amide bonds. The van der Waals surface area contributed by atoms with E-state index in [1.165, 1.54) is 5.57 Å². The number of aromatic nitrogens is 2. The normalized spacial score (nSPS) is 21.5. The van der Waals surface area contributed by atoms with Gasteiger partial charge in [-0.1, -0.05) is 11.6 Å². The highest BCUT2D eigenvalue weighted by atomic mass is 16.3. The summed E-state index contributed by atoms with van der Waals surface area (Å²) in [5.41, 5.74) is 1.27. The summed E-state index contributed by atoms with van der Waals surface area (Å²) in [6.45, 7) is 1.56. The average Bonchev–Trinajstić information content (AvgIpc) is 2.61. The molecule has 1 unspecified atom stereocenters.